The summed E-state index contributed by atoms with van der Waals surface area (Å²) in [6, 6.07) is 4.27. The average Bonchev–Trinajstić information content (AvgIpc) is 2.25. The van der Waals surface area contributed by atoms with Crippen LogP contribution in [0.2, 0.25) is 0 Å². The summed E-state index contributed by atoms with van der Waals surface area (Å²) in [6.07, 6.45) is 4.25. The Hall–Kier alpha value is -0.0600. The van der Waals surface area contributed by atoms with E-state index in [-0.39, 0.29) is 6.04 Å². The van der Waals surface area contributed by atoms with E-state index in [1.54, 1.807) is 0 Å². The lowest BCUT2D eigenvalue weighted by Crippen LogP contribution is -2.42. The molecule has 1 aliphatic rings. The highest BCUT2D eigenvalue weighted by Gasteiger charge is 2.33. The number of thioether (sulfide) groups is 1. The fraction of sp³-hybridized carbons (Fsp3) is 0.615. The van der Waals surface area contributed by atoms with Crippen molar-refractivity contribution < 1.29 is 0 Å². The highest BCUT2D eigenvalue weighted by atomic mass is 79.9. The Morgan fingerprint density at radius 1 is 1.41 bits per heavy atom. The minimum Gasteiger partial charge on any atom is -0.327 e. The van der Waals surface area contributed by atoms with Crippen molar-refractivity contribution in [3.63, 3.8) is 0 Å². The first-order valence-corrected chi connectivity index (χ1v) is 7.78. The molecular formula is C13H19BrN2S. The van der Waals surface area contributed by atoms with Crippen LogP contribution in [0.4, 0.5) is 0 Å². The lowest BCUT2D eigenvalue weighted by Gasteiger charge is -2.37. The third kappa shape index (κ3) is 3.24. The van der Waals surface area contributed by atoms with Crippen LogP contribution in [-0.4, -0.2) is 16.3 Å². The molecular weight excluding hydrogens is 296 g/mol. The molecule has 0 aromatic carbocycles. The Balaban J connectivity index is 2.10. The molecule has 94 valence electrons. The van der Waals surface area contributed by atoms with Gasteiger partial charge in [0.1, 0.15) is 5.03 Å². The SMILES string of the molecule is CC1CC(C)C(Sc2ncccc2Br)C(N)C1. The third-order valence-corrected chi connectivity index (χ3v) is 5.94. The number of hydrogen-bond donors (Lipinski definition) is 1. The molecule has 0 bridgehead atoms. The molecule has 0 amide bonds. The van der Waals surface area contributed by atoms with E-state index in [0.29, 0.717) is 11.2 Å². The Labute approximate surface area is 116 Å². The van der Waals surface area contributed by atoms with Crippen LogP contribution in [0.5, 0.6) is 0 Å². The summed E-state index contributed by atoms with van der Waals surface area (Å²) in [5.41, 5.74) is 6.29. The van der Waals surface area contributed by atoms with Gasteiger partial charge in [0.15, 0.2) is 0 Å². The van der Waals surface area contributed by atoms with E-state index in [1.165, 1.54) is 6.42 Å². The maximum atomic E-state index is 6.29. The van der Waals surface area contributed by atoms with E-state index in [1.807, 2.05) is 30.1 Å². The van der Waals surface area contributed by atoms with E-state index in [4.69, 9.17) is 5.73 Å². The predicted octanol–water partition coefficient (Wildman–Crippen LogP) is 3.70. The topological polar surface area (TPSA) is 38.9 Å². The first-order chi connectivity index (χ1) is 8.08. The smallest absolute Gasteiger partial charge is 0.110 e. The lowest BCUT2D eigenvalue weighted by molar-refractivity contribution is 0.279. The highest BCUT2D eigenvalue weighted by Crippen LogP contribution is 2.40. The molecule has 1 saturated carbocycles. The number of aromatic nitrogens is 1. The van der Waals surface area contributed by atoms with Gasteiger partial charge in [-0.1, -0.05) is 13.8 Å². The quantitative estimate of drug-likeness (QED) is 0.904. The zero-order valence-electron chi connectivity index (χ0n) is 10.3. The molecule has 1 aromatic rings. The Bertz CT molecular complexity index is 373. The summed E-state index contributed by atoms with van der Waals surface area (Å²) in [4.78, 5) is 4.42. The number of rotatable bonds is 2. The summed E-state index contributed by atoms with van der Waals surface area (Å²) in [5.74, 6) is 1.41. The summed E-state index contributed by atoms with van der Waals surface area (Å²) in [5, 5.41) is 1.55. The molecule has 0 saturated heterocycles. The van der Waals surface area contributed by atoms with Crippen LogP contribution in [0.15, 0.2) is 27.8 Å². The molecule has 17 heavy (non-hydrogen) atoms. The second-order valence-corrected chi connectivity index (χ2v) is 7.11. The Morgan fingerprint density at radius 3 is 2.82 bits per heavy atom. The van der Waals surface area contributed by atoms with Gasteiger partial charge >= 0.3 is 0 Å². The molecule has 1 heterocycles. The van der Waals surface area contributed by atoms with Crippen molar-refractivity contribution in [1.82, 2.24) is 4.98 Å². The molecule has 2 nitrogen and oxygen atoms in total. The van der Waals surface area contributed by atoms with Gasteiger partial charge in [0.25, 0.3) is 0 Å². The van der Waals surface area contributed by atoms with E-state index < -0.39 is 0 Å². The Morgan fingerprint density at radius 2 is 2.18 bits per heavy atom. The van der Waals surface area contributed by atoms with E-state index in [0.717, 1.165) is 21.8 Å². The molecule has 4 unspecified atom stereocenters. The van der Waals surface area contributed by atoms with Crippen molar-refractivity contribution in [2.75, 3.05) is 0 Å². The predicted molar refractivity (Wildman–Crippen MR) is 77.1 cm³/mol. The number of halogens is 1. The maximum Gasteiger partial charge on any atom is 0.110 e. The van der Waals surface area contributed by atoms with Gasteiger partial charge in [-0.05, 0) is 52.7 Å². The van der Waals surface area contributed by atoms with E-state index in [2.05, 4.69) is 34.8 Å². The molecule has 4 atom stereocenters. The summed E-state index contributed by atoms with van der Waals surface area (Å²) < 4.78 is 1.07. The molecule has 2 rings (SSSR count). The fourth-order valence-electron chi connectivity index (χ4n) is 2.68. The summed E-state index contributed by atoms with van der Waals surface area (Å²) in [7, 11) is 0. The van der Waals surface area contributed by atoms with Crippen molar-refractivity contribution in [2.45, 2.75) is 43.0 Å². The molecule has 0 spiro atoms. The fourth-order valence-corrected chi connectivity index (χ4v) is 4.40. The van der Waals surface area contributed by atoms with E-state index >= 15 is 0 Å². The zero-order chi connectivity index (χ0) is 12.4. The largest absolute Gasteiger partial charge is 0.327 e. The molecule has 1 aromatic heterocycles. The van der Waals surface area contributed by atoms with Crippen LogP contribution >= 0.6 is 27.7 Å². The minimum atomic E-state index is 0.285. The van der Waals surface area contributed by atoms with Crippen molar-refractivity contribution in [2.24, 2.45) is 17.6 Å². The molecule has 1 aliphatic carbocycles. The summed E-state index contributed by atoms with van der Waals surface area (Å²) >= 11 is 5.38. The molecule has 4 heteroatoms. The first kappa shape index (κ1) is 13.4. The molecule has 0 radical (unpaired) electrons. The number of hydrogen-bond acceptors (Lipinski definition) is 3. The number of pyridine rings is 1. The third-order valence-electron chi connectivity index (χ3n) is 3.40. The number of nitrogens with two attached hydrogens (primary N) is 1. The summed E-state index contributed by atoms with van der Waals surface area (Å²) in [6.45, 7) is 4.61. The van der Waals surface area contributed by atoms with E-state index in [9.17, 15) is 0 Å². The molecule has 0 aliphatic heterocycles. The lowest BCUT2D eigenvalue weighted by atomic mass is 9.80. The van der Waals surface area contributed by atoms with Crippen molar-refractivity contribution in [3.8, 4) is 0 Å². The van der Waals surface area contributed by atoms with Crippen LogP contribution in [0.25, 0.3) is 0 Å². The second kappa shape index (κ2) is 5.72. The average molecular weight is 315 g/mol. The molecule has 2 N–H and O–H groups in total. The number of nitrogens with zero attached hydrogens (tertiary/aromatic N) is 1. The van der Waals surface area contributed by atoms with Gasteiger partial charge in [-0.25, -0.2) is 4.98 Å². The minimum absolute atomic E-state index is 0.285. The van der Waals surface area contributed by atoms with Gasteiger partial charge in [-0.2, -0.15) is 0 Å². The van der Waals surface area contributed by atoms with Crippen LogP contribution < -0.4 is 5.73 Å². The Kier molecular flexibility index (Phi) is 4.50. The van der Waals surface area contributed by atoms with Crippen molar-refractivity contribution >= 4 is 27.7 Å². The van der Waals surface area contributed by atoms with Gasteiger partial charge < -0.3 is 5.73 Å². The van der Waals surface area contributed by atoms with Crippen LogP contribution in [0.3, 0.4) is 0 Å². The normalized spacial score (nSPS) is 33.6. The van der Waals surface area contributed by atoms with Gasteiger partial charge in [0.2, 0.25) is 0 Å². The van der Waals surface area contributed by atoms with Gasteiger partial charge in [0, 0.05) is 22.0 Å². The van der Waals surface area contributed by atoms with Crippen LogP contribution in [-0.2, 0) is 0 Å². The standard InChI is InChI=1S/C13H19BrN2S/c1-8-6-9(2)12(11(15)7-8)17-13-10(14)4-3-5-16-13/h3-5,8-9,11-12H,6-7,15H2,1-2H3. The highest BCUT2D eigenvalue weighted by molar-refractivity contribution is 9.10. The van der Waals surface area contributed by atoms with Gasteiger partial charge in [0.05, 0.1) is 0 Å². The molecule has 1 fully saturated rings. The maximum absolute atomic E-state index is 6.29. The van der Waals surface area contributed by atoms with Crippen LogP contribution in [0, 0.1) is 11.8 Å². The van der Waals surface area contributed by atoms with Gasteiger partial charge in [-0.3, -0.25) is 0 Å². The van der Waals surface area contributed by atoms with Crippen LogP contribution in [0.1, 0.15) is 26.7 Å². The second-order valence-electron chi connectivity index (χ2n) is 5.09. The monoisotopic (exact) mass is 314 g/mol. The van der Waals surface area contributed by atoms with Gasteiger partial charge in [-0.15, -0.1) is 11.8 Å². The first-order valence-electron chi connectivity index (χ1n) is 6.10. The van der Waals surface area contributed by atoms with Crippen molar-refractivity contribution in [1.29, 1.82) is 0 Å². The van der Waals surface area contributed by atoms with Crippen molar-refractivity contribution in [3.05, 3.63) is 22.8 Å². The zero-order valence-corrected chi connectivity index (χ0v) is 12.7.